The Kier molecular flexibility index (Phi) is 6.65. The Morgan fingerprint density at radius 2 is 2.04 bits per heavy atom. The van der Waals surface area contributed by atoms with Gasteiger partial charge in [-0.15, -0.1) is 0 Å². The molecule has 0 saturated carbocycles. The summed E-state index contributed by atoms with van der Waals surface area (Å²) >= 11 is 9.39. The number of benzene rings is 2. The van der Waals surface area contributed by atoms with Crippen LogP contribution in [0, 0.1) is 5.92 Å². The fraction of sp³-hybridized carbons (Fsp3) is 0.316. The average Bonchev–Trinajstić information content (AvgIpc) is 2.69. The third-order valence-corrected chi connectivity index (χ3v) is 7.44. The molecule has 1 atom stereocenters. The molecule has 3 rings (SSSR count). The molecular weight excluding hydrogens is 468 g/mol. The topological polar surface area (TPSA) is 75.7 Å². The van der Waals surface area contributed by atoms with Crippen LogP contribution in [0.3, 0.4) is 0 Å². The van der Waals surface area contributed by atoms with Gasteiger partial charge in [0.25, 0.3) is 0 Å². The number of amides is 1. The van der Waals surface area contributed by atoms with Crippen LogP contribution in [0.2, 0.25) is 5.02 Å². The second kappa shape index (κ2) is 8.82. The highest BCUT2D eigenvalue weighted by Gasteiger charge is 2.35. The molecule has 1 heterocycles. The first-order valence-electron chi connectivity index (χ1n) is 8.72. The van der Waals surface area contributed by atoms with E-state index in [4.69, 9.17) is 16.3 Å². The van der Waals surface area contributed by atoms with E-state index >= 15 is 0 Å². The first-order chi connectivity index (χ1) is 13.3. The molecule has 0 aliphatic carbocycles. The second-order valence-corrected chi connectivity index (χ2v) is 9.66. The molecule has 150 valence electrons. The van der Waals surface area contributed by atoms with Crippen molar-refractivity contribution in [1.29, 1.82) is 0 Å². The van der Waals surface area contributed by atoms with E-state index in [1.807, 2.05) is 18.2 Å². The first kappa shape index (κ1) is 21.1. The lowest BCUT2D eigenvalue weighted by Gasteiger charge is -2.31. The number of halogens is 2. The molecule has 0 spiro atoms. The number of ether oxygens (including phenoxy) is 1. The lowest BCUT2D eigenvalue weighted by Crippen LogP contribution is -2.43. The largest absolute Gasteiger partial charge is 0.495 e. The van der Waals surface area contributed by atoms with Gasteiger partial charge in [0.05, 0.1) is 18.7 Å². The molecule has 0 unspecified atom stereocenters. The Bertz CT molecular complexity index is 984. The van der Waals surface area contributed by atoms with Crippen molar-refractivity contribution in [3.63, 3.8) is 0 Å². The summed E-state index contributed by atoms with van der Waals surface area (Å²) in [5, 5.41) is 3.18. The van der Waals surface area contributed by atoms with E-state index in [2.05, 4.69) is 21.2 Å². The maximum atomic E-state index is 13.1. The Labute approximate surface area is 178 Å². The molecule has 1 aliphatic heterocycles. The zero-order valence-corrected chi connectivity index (χ0v) is 18.4. The number of hydrogen-bond acceptors (Lipinski definition) is 4. The van der Waals surface area contributed by atoms with Gasteiger partial charge in [0, 0.05) is 22.6 Å². The number of carbonyl (C=O) groups is 1. The van der Waals surface area contributed by atoms with Crippen molar-refractivity contribution in [3.05, 3.63) is 52.0 Å². The van der Waals surface area contributed by atoms with Gasteiger partial charge in [-0.3, -0.25) is 4.79 Å². The number of hydrogen-bond donors (Lipinski definition) is 1. The normalized spacial score (nSPS) is 17.9. The first-order valence-corrected chi connectivity index (χ1v) is 11.3. The monoisotopic (exact) mass is 486 g/mol. The van der Waals surface area contributed by atoms with E-state index < -0.39 is 15.9 Å². The number of rotatable bonds is 5. The van der Waals surface area contributed by atoms with Crippen molar-refractivity contribution in [2.45, 2.75) is 17.7 Å². The van der Waals surface area contributed by atoms with Gasteiger partial charge in [0.2, 0.25) is 15.9 Å². The minimum Gasteiger partial charge on any atom is -0.495 e. The van der Waals surface area contributed by atoms with E-state index in [0.29, 0.717) is 30.1 Å². The summed E-state index contributed by atoms with van der Waals surface area (Å²) in [6, 6.07) is 11.8. The van der Waals surface area contributed by atoms with Crippen molar-refractivity contribution in [2.24, 2.45) is 5.92 Å². The number of nitrogens with one attached hydrogen (secondary N) is 1. The van der Waals surface area contributed by atoms with Crippen LogP contribution in [0.5, 0.6) is 5.75 Å². The third kappa shape index (κ3) is 4.51. The van der Waals surface area contributed by atoms with Gasteiger partial charge in [-0.2, -0.15) is 4.31 Å². The van der Waals surface area contributed by atoms with E-state index in [1.165, 1.54) is 23.5 Å². The molecule has 1 aliphatic rings. The van der Waals surface area contributed by atoms with Gasteiger partial charge in [0.1, 0.15) is 10.6 Å². The maximum absolute atomic E-state index is 13.1. The molecule has 28 heavy (non-hydrogen) atoms. The van der Waals surface area contributed by atoms with Crippen LogP contribution in [-0.2, 0) is 14.8 Å². The van der Waals surface area contributed by atoms with Crippen molar-refractivity contribution in [3.8, 4) is 5.75 Å². The molecule has 0 radical (unpaired) electrons. The van der Waals surface area contributed by atoms with Gasteiger partial charge in [0.15, 0.2) is 0 Å². The average molecular weight is 488 g/mol. The van der Waals surface area contributed by atoms with Crippen molar-refractivity contribution in [1.82, 2.24) is 4.31 Å². The van der Waals surface area contributed by atoms with E-state index in [9.17, 15) is 13.2 Å². The van der Waals surface area contributed by atoms with Crippen LogP contribution >= 0.6 is 27.5 Å². The number of anilines is 1. The number of carbonyl (C=O) groups excluding carboxylic acids is 1. The maximum Gasteiger partial charge on any atom is 0.246 e. The van der Waals surface area contributed by atoms with E-state index in [1.54, 1.807) is 12.1 Å². The van der Waals surface area contributed by atoms with Gasteiger partial charge in [-0.05, 0) is 59.1 Å². The number of methoxy groups -OCH3 is 1. The Morgan fingerprint density at radius 1 is 1.29 bits per heavy atom. The Hall–Kier alpha value is -1.61. The molecule has 1 fully saturated rings. The molecule has 2 aromatic rings. The summed E-state index contributed by atoms with van der Waals surface area (Å²) in [5.74, 6) is -0.421. The molecule has 6 nitrogen and oxygen atoms in total. The summed E-state index contributed by atoms with van der Waals surface area (Å²) in [6.07, 6.45) is 1.21. The highest BCUT2D eigenvalue weighted by atomic mass is 79.9. The fourth-order valence-corrected chi connectivity index (χ4v) is 5.49. The van der Waals surface area contributed by atoms with Crippen LogP contribution in [-0.4, -0.2) is 38.8 Å². The number of sulfonamides is 1. The molecule has 1 N–H and O–H groups in total. The van der Waals surface area contributed by atoms with Gasteiger partial charge >= 0.3 is 0 Å². The van der Waals surface area contributed by atoms with Crippen molar-refractivity contribution in [2.75, 3.05) is 25.5 Å². The molecule has 1 saturated heterocycles. The molecule has 2 aromatic carbocycles. The molecular formula is C19H20BrClN2O4S. The summed E-state index contributed by atoms with van der Waals surface area (Å²) in [7, 11) is -2.43. The van der Waals surface area contributed by atoms with Crippen LogP contribution in [0.1, 0.15) is 12.8 Å². The minimum atomic E-state index is -3.84. The second-order valence-electron chi connectivity index (χ2n) is 6.47. The Balaban J connectivity index is 1.80. The fourth-order valence-electron chi connectivity index (χ4n) is 3.16. The summed E-state index contributed by atoms with van der Waals surface area (Å²) in [4.78, 5) is 12.7. The minimum absolute atomic E-state index is 0.00867. The number of para-hydroxylation sites is 1. The van der Waals surface area contributed by atoms with Crippen LogP contribution in [0.25, 0.3) is 0 Å². The number of piperidine rings is 1. The van der Waals surface area contributed by atoms with E-state index in [0.717, 1.165) is 4.47 Å². The molecule has 1 amide bonds. The highest BCUT2D eigenvalue weighted by Crippen LogP contribution is 2.32. The lowest BCUT2D eigenvalue weighted by molar-refractivity contribution is -0.120. The summed E-state index contributed by atoms with van der Waals surface area (Å²) in [6.45, 7) is 0.450. The van der Waals surface area contributed by atoms with Crippen molar-refractivity contribution < 1.29 is 17.9 Å². The number of nitrogens with zero attached hydrogens (tertiary/aromatic N) is 1. The van der Waals surface area contributed by atoms with E-state index in [-0.39, 0.29) is 23.1 Å². The molecule has 9 heteroatoms. The Morgan fingerprint density at radius 3 is 2.75 bits per heavy atom. The summed E-state index contributed by atoms with van der Waals surface area (Å²) < 4.78 is 33.6. The predicted molar refractivity (Wildman–Crippen MR) is 112 cm³/mol. The zero-order chi connectivity index (χ0) is 20.3. The molecule has 0 bridgehead atoms. The predicted octanol–water partition coefficient (Wildman–Crippen LogP) is 4.15. The standard InChI is InChI=1S/C19H20BrClN2O4S/c1-27-17-9-8-14(21)11-18(17)28(25,26)23-10-4-5-13(12-23)19(24)22-16-7-3-2-6-15(16)20/h2-3,6-9,11,13H,4-5,10,12H2,1H3,(H,22,24)/t13-/m1/s1. The highest BCUT2D eigenvalue weighted by molar-refractivity contribution is 9.10. The third-order valence-electron chi connectivity index (χ3n) is 4.63. The SMILES string of the molecule is COc1ccc(Cl)cc1S(=O)(=O)N1CCC[C@@H](C(=O)Nc2ccccc2Br)C1. The van der Waals surface area contributed by atoms with Crippen molar-refractivity contribution >= 4 is 49.1 Å². The van der Waals surface area contributed by atoms with Gasteiger partial charge in [-0.1, -0.05) is 23.7 Å². The van der Waals surface area contributed by atoms with Crippen LogP contribution in [0.15, 0.2) is 51.8 Å². The van der Waals surface area contributed by atoms with Crippen LogP contribution < -0.4 is 10.1 Å². The van der Waals surface area contributed by atoms with Crippen LogP contribution in [0.4, 0.5) is 5.69 Å². The van der Waals surface area contributed by atoms with Gasteiger partial charge < -0.3 is 10.1 Å². The van der Waals surface area contributed by atoms with Gasteiger partial charge in [-0.25, -0.2) is 8.42 Å². The summed E-state index contributed by atoms with van der Waals surface area (Å²) in [5.41, 5.74) is 0.656. The lowest BCUT2D eigenvalue weighted by atomic mass is 9.99. The molecule has 0 aromatic heterocycles. The smallest absolute Gasteiger partial charge is 0.246 e. The zero-order valence-electron chi connectivity index (χ0n) is 15.2. The quantitative estimate of drug-likeness (QED) is 0.687.